The van der Waals surface area contributed by atoms with Gasteiger partial charge in [-0.05, 0) is 42.8 Å². The van der Waals surface area contributed by atoms with Gasteiger partial charge in [0.05, 0.1) is 48.1 Å². The number of fused-ring (bicyclic) bond motifs is 1. The van der Waals surface area contributed by atoms with Crippen LogP contribution in [-0.2, 0) is 15.7 Å². The van der Waals surface area contributed by atoms with Gasteiger partial charge in [-0.1, -0.05) is 0 Å². The number of rotatable bonds is 3. The minimum Gasteiger partial charge on any atom is -0.355 e. The maximum absolute atomic E-state index is 14.9. The van der Waals surface area contributed by atoms with Crippen LogP contribution in [0.5, 0.6) is 0 Å². The number of hydrogen-bond donors (Lipinski definition) is 1. The van der Waals surface area contributed by atoms with E-state index in [0.717, 1.165) is 18.2 Å². The third-order valence-corrected chi connectivity index (χ3v) is 7.08. The Morgan fingerprint density at radius 1 is 1.11 bits per heavy atom. The predicted octanol–water partition coefficient (Wildman–Crippen LogP) is 4.19. The summed E-state index contributed by atoms with van der Waals surface area (Å²) in [5.41, 5.74) is -1.80. The van der Waals surface area contributed by atoms with Crippen LogP contribution in [0.15, 0.2) is 36.4 Å². The van der Waals surface area contributed by atoms with Crippen molar-refractivity contribution in [3.05, 3.63) is 58.9 Å². The predicted molar refractivity (Wildman–Crippen MR) is 122 cm³/mol. The fraction of sp³-hybridized carbons (Fsp3) is 0.400. The quantitative estimate of drug-likeness (QED) is 0.615. The maximum atomic E-state index is 14.9. The molecule has 12 heteroatoms. The molecule has 3 amide bonds. The molecule has 2 heterocycles. The molecule has 0 unspecified atom stereocenters. The molecule has 2 aromatic rings. The van der Waals surface area contributed by atoms with Crippen molar-refractivity contribution in [2.45, 2.75) is 43.3 Å². The molecular weight excluding hydrogens is 496 g/mol. The van der Waals surface area contributed by atoms with E-state index in [1.807, 2.05) is 0 Å². The topological polar surface area (TPSA) is 94.9 Å². The van der Waals surface area contributed by atoms with Crippen LogP contribution in [0.25, 0.3) is 0 Å². The molecule has 3 aliphatic rings. The van der Waals surface area contributed by atoms with Gasteiger partial charge in [0, 0.05) is 31.3 Å². The van der Waals surface area contributed by atoms with Gasteiger partial charge in [-0.25, -0.2) is 9.18 Å². The van der Waals surface area contributed by atoms with E-state index in [-0.39, 0.29) is 23.4 Å². The highest BCUT2D eigenvalue weighted by Crippen LogP contribution is 2.46. The summed E-state index contributed by atoms with van der Waals surface area (Å²) in [5, 5.41) is 11.5. The number of amides is 3. The molecule has 1 saturated carbocycles. The molecule has 2 aliphatic heterocycles. The van der Waals surface area contributed by atoms with Gasteiger partial charge < -0.3 is 14.8 Å². The summed E-state index contributed by atoms with van der Waals surface area (Å²) < 4.78 is 67.6. The fourth-order valence-corrected chi connectivity index (χ4v) is 5.43. The lowest BCUT2D eigenvalue weighted by Crippen LogP contribution is -2.50. The Labute approximate surface area is 209 Å². The Morgan fingerprint density at radius 2 is 1.76 bits per heavy atom. The Hall–Kier alpha value is -3.69. The summed E-state index contributed by atoms with van der Waals surface area (Å²) in [5.74, 6) is -2.44. The number of halogens is 4. The minimum atomic E-state index is -4.80. The van der Waals surface area contributed by atoms with Gasteiger partial charge in [-0.15, -0.1) is 0 Å². The fourth-order valence-electron chi connectivity index (χ4n) is 5.43. The zero-order valence-electron chi connectivity index (χ0n) is 19.6. The lowest BCUT2D eigenvalue weighted by atomic mass is 9.85. The second-order valence-electron chi connectivity index (χ2n) is 9.09. The lowest BCUT2D eigenvalue weighted by Gasteiger charge is -2.41. The Morgan fingerprint density at radius 3 is 2.38 bits per heavy atom. The highest BCUT2D eigenvalue weighted by atomic mass is 19.4. The van der Waals surface area contributed by atoms with E-state index >= 15 is 0 Å². The molecule has 2 atom stereocenters. The van der Waals surface area contributed by atoms with Crippen molar-refractivity contribution < 1.29 is 36.6 Å². The maximum Gasteiger partial charge on any atom is 0.417 e. The van der Waals surface area contributed by atoms with Gasteiger partial charge >= 0.3 is 12.2 Å². The molecule has 2 saturated heterocycles. The highest BCUT2D eigenvalue weighted by Gasteiger charge is 2.56. The molecule has 5 rings (SSSR count). The normalized spacial score (nSPS) is 22.8. The van der Waals surface area contributed by atoms with Crippen LogP contribution in [0.4, 0.5) is 33.7 Å². The Kier molecular flexibility index (Phi) is 6.08. The first-order valence-electron chi connectivity index (χ1n) is 11.6. The molecule has 0 aromatic heterocycles. The number of nitriles is 1. The van der Waals surface area contributed by atoms with E-state index in [1.165, 1.54) is 41.1 Å². The van der Waals surface area contributed by atoms with Crippen molar-refractivity contribution >= 4 is 23.3 Å². The number of nitrogens with one attached hydrogen (secondary N) is 1. The van der Waals surface area contributed by atoms with Gasteiger partial charge in [0.1, 0.15) is 5.82 Å². The van der Waals surface area contributed by atoms with Gasteiger partial charge in [-0.3, -0.25) is 14.6 Å². The van der Waals surface area contributed by atoms with Crippen LogP contribution in [0.3, 0.4) is 0 Å². The van der Waals surface area contributed by atoms with Crippen LogP contribution in [-0.4, -0.2) is 50.1 Å². The van der Waals surface area contributed by atoms with E-state index < -0.39 is 52.9 Å². The molecule has 2 aromatic carbocycles. The summed E-state index contributed by atoms with van der Waals surface area (Å²) in [7, 11) is 1.36. The smallest absolute Gasteiger partial charge is 0.355 e. The molecule has 3 fully saturated rings. The Bertz CT molecular complexity index is 1300. The van der Waals surface area contributed by atoms with E-state index in [4.69, 9.17) is 14.7 Å². The van der Waals surface area contributed by atoms with Gasteiger partial charge in [0.25, 0.3) is 5.91 Å². The highest BCUT2D eigenvalue weighted by molar-refractivity contribution is 6.08. The molecule has 1 N–H and O–H groups in total. The van der Waals surface area contributed by atoms with Crippen molar-refractivity contribution in [3.63, 3.8) is 0 Å². The molecule has 194 valence electrons. The van der Waals surface area contributed by atoms with E-state index in [9.17, 15) is 27.2 Å². The molecule has 37 heavy (non-hydrogen) atoms. The third-order valence-electron chi connectivity index (χ3n) is 7.08. The zero-order chi connectivity index (χ0) is 26.5. The van der Waals surface area contributed by atoms with Crippen molar-refractivity contribution in [1.29, 1.82) is 5.26 Å². The van der Waals surface area contributed by atoms with Crippen LogP contribution >= 0.6 is 0 Å². The van der Waals surface area contributed by atoms with E-state index in [1.54, 1.807) is 0 Å². The molecule has 8 nitrogen and oxygen atoms in total. The van der Waals surface area contributed by atoms with Crippen molar-refractivity contribution in [2.24, 2.45) is 0 Å². The van der Waals surface area contributed by atoms with Gasteiger partial charge in [0.2, 0.25) is 0 Å². The minimum absolute atomic E-state index is 0.0273. The van der Waals surface area contributed by atoms with Crippen LogP contribution < -0.4 is 15.1 Å². The molecular formula is C25H22F4N4O4. The van der Waals surface area contributed by atoms with Crippen LogP contribution in [0, 0.1) is 17.1 Å². The average molecular weight is 518 g/mol. The number of carbonyl (C=O) groups excluding carboxylic acids is 2. The number of benzene rings is 2. The molecule has 1 aliphatic carbocycles. The Balaban J connectivity index is 1.59. The number of alkyl halides is 3. The van der Waals surface area contributed by atoms with Gasteiger partial charge in [0.15, 0.2) is 5.79 Å². The second-order valence-corrected chi connectivity index (χ2v) is 9.09. The number of anilines is 2. The summed E-state index contributed by atoms with van der Waals surface area (Å²) >= 11 is 0. The van der Waals surface area contributed by atoms with Crippen molar-refractivity contribution in [3.8, 4) is 6.07 Å². The number of nitrogens with zero attached hydrogens (tertiary/aromatic N) is 3. The monoisotopic (exact) mass is 518 g/mol. The number of carbonyl (C=O) groups is 2. The summed E-state index contributed by atoms with van der Waals surface area (Å²) in [6.45, 7) is 0.740. The number of ether oxygens (including phenoxy) is 2. The average Bonchev–Trinajstić information content (AvgIpc) is 3.43. The summed E-state index contributed by atoms with van der Waals surface area (Å²) in [6.07, 6.45) is -3.81. The number of urea groups is 1. The first kappa shape index (κ1) is 25.0. The zero-order valence-corrected chi connectivity index (χ0v) is 19.6. The lowest BCUT2D eigenvalue weighted by molar-refractivity contribution is -0.180. The first-order chi connectivity index (χ1) is 17.6. The van der Waals surface area contributed by atoms with E-state index in [0.29, 0.717) is 26.1 Å². The van der Waals surface area contributed by atoms with Gasteiger partial charge in [-0.2, -0.15) is 18.4 Å². The summed E-state index contributed by atoms with van der Waals surface area (Å²) in [6, 6.07) is 6.55. The third kappa shape index (κ3) is 4.18. The second kappa shape index (κ2) is 9.00. The summed E-state index contributed by atoms with van der Waals surface area (Å²) in [4.78, 5) is 28.3. The largest absolute Gasteiger partial charge is 0.417 e. The van der Waals surface area contributed by atoms with Crippen LogP contribution in [0.2, 0.25) is 0 Å². The molecule has 1 spiro atoms. The molecule has 0 bridgehead atoms. The first-order valence-corrected chi connectivity index (χ1v) is 11.6. The van der Waals surface area contributed by atoms with E-state index in [2.05, 4.69) is 5.32 Å². The SMILES string of the molecule is CNC(=O)c1ccc(N2C(=O)N(c3ccc(C#N)c(C(F)(F)F)c3)[C@H]3CCC4(C[C@@H]32)OCCO4)cc1F. The number of hydrogen-bond acceptors (Lipinski definition) is 5. The standard InChI is InChI=1S/C25H22F4N4O4/c1-31-22(34)17-5-4-16(11-19(17)26)33-21-12-24(36-8-9-37-24)7-6-20(21)32(23(33)35)15-3-2-14(13-30)18(10-15)25(27,28)29/h2-5,10-11,20-21H,6-9,12H2,1H3,(H,31,34)/t20-,21-/m0/s1. The van der Waals surface area contributed by atoms with Crippen molar-refractivity contribution in [2.75, 3.05) is 30.1 Å². The van der Waals surface area contributed by atoms with Crippen LogP contribution in [0.1, 0.15) is 40.7 Å². The van der Waals surface area contributed by atoms with Crippen molar-refractivity contribution in [1.82, 2.24) is 5.32 Å². The molecule has 0 radical (unpaired) electrons.